The molecule has 2 rings (SSSR count). The van der Waals surface area contributed by atoms with Crippen molar-refractivity contribution in [1.29, 1.82) is 0 Å². The van der Waals surface area contributed by atoms with Crippen LogP contribution >= 0.6 is 0 Å². The van der Waals surface area contributed by atoms with Gasteiger partial charge < -0.3 is 20.1 Å². The Morgan fingerprint density at radius 3 is 1.15 bits per heavy atom. The Bertz CT molecular complexity index is 1190. The summed E-state index contributed by atoms with van der Waals surface area (Å²) in [6, 6.07) is 0. The Hall–Kier alpha value is -2.12. The molecule has 6 unspecified atom stereocenters. The van der Waals surface area contributed by atoms with Gasteiger partial charge in [-0.15, -0.1) is 0 Å². The van der Waals surface area contributed by atoms with Gasteiger partial charge in [-0.1, -0.05) is 20.8 Å². The molecule has 0 saturated heterocycles. The number of hydrogen-bond donors (Lipinski definition) is 3. The highest BCUT2D eigenvalue weighted by atomic mass is 19.4. The lowest BCUT2D eigenvalue weighted by atomic mass is 9.72. The molecule has 3 N–H and O–H groups in total. The van der Waals surface area contributed by atoms with E-state index in [2.05, 4.69) is 4.74 Å². The highest BCUT2D eigenvalue weighted by Gasteiger charge is 2.75. The van der Waals surface area contributed by atoms with E-state index in [0.717, 1.165) is 0 Å². The van der Waals surface area contributed by atoms with Crippen LogP contribution in [-0.2, 0) is 9.53 Å². The first-order chi connectivity index (χ1) is 23.4. The van der Waals surface area contributed by atoms with Crippen molar-refractivity contribution in [1.82, 2.24) is 0 Å². The fraction of sp³-hybridized carbons (Fsp3) is 0.964. The second-order valence-electron chi connectivity index (χ2n) is 13.8. The molecule has 0 aromatic heterocycles. The topological polar surface area (TPSA) is 87.0 Å². The lowest BCUT2D eigenvalue weighted by Gasteiger charge is -2.39. The van der Waals surface area contributed by atoms with Gasteiger partial charge in [0, 0.05) is 12.8 Å². The molecular weight excluding hydrogens is 815 g/mol. The number of aliphatic hydroxyl groups is 3. The van der Waals surface area contributed by atoms with E-state index in [1.807, 2.05) is 13.8 Å². The maximum absolute atomic E-state index is 13.1. The van der Waals surface area contributed by atoms with Crippen LogP contribution in [0, 0.1) is 35.0 Å². The number of halogens is 21. The Labute approximate surface area is 291 Å². The molecule has 0 amide bonds. The summed E-state index contributed by atoms with van der Waals surface area (Å²) in [5, 5.41) is 27.4. The zero-order valence-electron chi connectivity index (χ0n) is 27.8. The van der Waals surface area contributed by atoms with Crippen molar-refractivity contribution in [3.05, 3.63) is 0 Å². The Morgan fingerprint density at radius 1 is 0.574 bits per heavy atom. The van der Waals surface area contributed by atoms with Crippen LogP contribution in [-0.4, -0.2) is 87.4 Å². The van der Waals surface area contributed by atoms with Gasteiger partial charge in [0.2, 0.25) is 0 Å². The number of hydrogen-bond acceptors (Lipinski definition) is 5. The number of rotatable bonds is 9. The number of alkyl halides is 21. The van der Waals surface area contributed by atoms with Gasteiger partial charge in [-0.3, -0.25) is 4.79 Å². The maximum Gasteiger partial charge on any atom is 0.426 e. The van der Waals surface area contributed by atoms with E-state index >= 15 is 0 Å². The lowest BCUT2D eigenvalue weighted by molar-refractivity contribution is -0.386. The molecule has 2 bridgehead atoms. The fourth-order valence-corrected chi connectivity index (χ4v) is 6.44. The van der Waals surface area contributed by atoms with Crippen LogP contribution in [0.4, 0.5) is 92.2 Å². The average Bonchev–Trinajstić information content (AvgIpc) is 3.46. The summed E-state index contributed by atoms with van der Waals surface area (Å²) in [6.07, 6.45) is -56.9. The molecule has 0 radical (unpaired) electrons. The molecule has 2 aliphatic rings. The van der Waals surface area contributed by atoms with Crippen molar-refractivity contribution < 1.29 is 117 Å². The fourth-order valence-electron chi connectivity index (χ4n) is 6.44. The van der Waals surface area contributed by atoms with Gasteiger partial charge in [0.1, 0.15) is 6.10 Å². The number of esters is 1. The van der Waals surface area contributed by atoms with Gasteiger partial charge in [-0.25, -0.2) is 0 Å². The summed E-state index contributed by atoms with van der Waals surface area (Å²) in [6.45, 7) is 4.39. The molecular formula is C28H33F21O5. The zero-order valence-corrected chi connectivity index (χ0v) is 27.8. The van der Waals surface area contributed by atoms with E-state index in [0.29, 0.717) is 25.7 Å². The molecule has 54 heavy (non-hydrogen) atoms. The molecule has 0 aromatic carbocycles. The van der Waals surface area contributed by atoms with E-state index in [4.69, 9.17) is 10.2 Å². The van der Waals surface area contributed by atoms with Crippen molar-refractivity contribution in [2.75, 3.05) is 0 Å². The second-order valence-corrected chi connectivity index (χ2v) is 13.8. The largest absolute Gasteiger partial charge is 0.461 e. The molecule has 5 nitrogen and oxygen atoms in total. The molecule has 0 aliphatic heterocycles. The summed E-state index contributed by atoms with van der Waals surface area (Å²) in [4.78, 5) is 11.9. The lowest BCUT2D eigenvalue weighted by Crippen LogP contribution is -2.62. The van der Waals surface area contributed by atoms with Gasteiger partial charge >= 0.3 is 49.2 Å². The van der Waals surface area contributed by atoms with Crippen LogP contribution in [0.5, 0.6) is 0 Å². The summed E-state index contributed by atoms with van der Waals surface area (Å²) < 4.78 is 274. The first kappa shape index (κ1) is 49.9. The quantitative estimate of drug-likeness (QED) is 0.159. The molecule has 6 atom stereocenters. The third-order valence-corrected chi connectivity index (χ3v) is 10.5. The van der Waals surface area contributed by atoms with Gasteiger partial charge in [0.15, 0.2) is 5.41 Å². The average molecular weight is 849 g/mol. The number of carbonyl (C=O) groups is 1. The Kier molecular flexibility index (Phi) is 13.9. The van der Waals surface area contributed by atoms with Crippen LogP contribution in [0.25, 0.3) is 0 Å². The van der Waals surface area contributed by atoms with Crippen LogP contribution in [0.15, 0.2) is 0 Å². The third-order valence-electron chi connectivity index (χ3n) is 10.5. The van der Waals surface area contributed by atoms with E-state index in [1.54, 1.807) is 0 Å². The highest BCUT2D eigenvalue weighted by molar-refractivity contribution is 5.77. The summed E-state index contributed by atoms with van der Waals surface area (Å²) in [5.41, 5.74) is -20.7. The number of fused-ring (bicyclic) bond motifs is 2. The van der Waals surface area contributed by atoms with Gasteiger partial charge in [-0.2, -0.15) is 92.2 Å². The van der Waals surface area contributed by atoms with Gasteiger partial charge in [-0.05, 0) is 62.2 Å². The van der Waals surface area contributed by atoms with E-state index < -0.39 is 109 Å². The van der Waals surface area contributed by atoms with E-state index in [-0.39, 0.29) is 24.7 Å². The van der Waals surface area contributed by atoms with Crippen LogP contribution < -0.4 is 0 Å². The molecule has 2 aliphatic carbocycles. The zero-order chi connectivity index (χ0) is 43.5. The molecule has 0 spiro atoms. The smallest absolute Gasteiger partial charge is 0.426 e. The van der Waals surface area contributed by atoms with Crippen molar-refractivity contribution in [2.24, 2.45) is 35.0 Å². The first-order valence-corrected chi connectivity index (χ1v) is 15.3. The monoisotopic (exact) mass is 848 g/mol. The molecule has 2 saturated carbocycles. The Balaban J connectivity index is 0.000000612. The standard InChI is InChI=1S/C15H15F15O4.C13H18F6O/c1-3-8(2,11(16,17)18)7(31)34-6(4-9(32,12(19,20)21)13(22,23)24)5-10(33,14(25,26)27)15(28,29)30;1-6-7(2)10-4-8(6)3-9(10)5-11(20,12(14,15)16)13(17,18)19/h6,32-33H,3-5H2,1-2H3;6-10,20H,3-5H2,1-2H3. The van der Waals surface area contributed by atoms with Crippen LogP contribution in [0.1, 0.15) is 66.2 Å². The summed E-state index contributed by atoms with van der Waals surface area (Å²) >= 11 is 0. The minimum Gasteiger partial charge on any atom is -0.461 e. The predicted molar refractivity (Wildman–Crippen MR) is 137 cm³/mol. The summed E-state index contributed by atoms with van der Waals surface area (Å²) in [5.74, 6) is -3.08. The molecule has 322 valence electrons. The van der Waals surface area contributed by atoms with E-state index in [1.165, 1.54) is 0 Å². The van der Waals surface area contributed by atoms with Crippen molar-refractivity contribution in [3.63, 3.8) is 0 Å². The van der Waals surface area contributed by atoms with Gasteiger partial charge in [0.05, 0.1) is 0 Å². The minimum atomic E-state index is -6.87. The Morgan fingerprint density at radius 2 is 0.907 bits per heavy atom. The number of ether oxygens (including phenoxy) is 1. The molecule has 0 heterocycles. The van der Waals surface area contributed by atoms with Crippen molar-refractivity contribution in [2.45, 2.75) is 132 Å². The van der Waals surface area contributed by atoms with Crippen LogP contribution in [0.3, 0.4) is 0 Å². The van der Waals surface area contributed by atoms with Gasteiger partial charge in [0.25, 0.3) is 16.8 Å². The molecule has 26 heteroatoms. The van der Waals surface area contributed by atoms with E-state index in [9.17, 15) is 102 Å². The second kappa shape index (κ2) is 15.0. The minimum absolute atomic E-state index is 0.0498. The number of carbonyl (C=O) groups excluding carboxylic acids is 1. The molecule has 0 aromatic rings. The normalized spacial score (nSPS) is 25.0. The predicted octanol–water partition coefficient (Wildman–Crippen LogP) is 9.53. The first-order valence-electron chi connectivity index (χ1n) is 15.3. The highest BCUT2D eigenvalue weighted by Crippen LogP contribution is 2.59. The summed E-state index contributed by atoms with van der Waals surface area (Å²) in [7, 11) is 0. The maximum atomic E-state index is 13.1. The molecule has 2 fully saturated rings. The van der Waals surface area contributed by atoms with Crippen LogP contribution in [0.2, 0.25) is 0 Å². The SMILES string of the molecule is CC1C2CC(CC(O)(C(F)(F)F)C(F)(F)F)C(C2)C1C.CCC(C)(C(=O)OC(CC(O)(C(F)(F)F)C(F)(F)F)CC(O)(C(F)(F)F)C(F)(F)F)C(F)(F)F. The third kappa shape index (κ3) is 9.35. The van der Waals surface area contributed by atoms with Crippen molar-refractivity contribution >= 4 is 5.97 Å². The van der Waals surface area contributed by atoms with Crippen molar-refractivity contribution in [3.8, 4) is 0 Å².